The fourth-order valence-electron chi connectivity index (χ4n) is 3.66. The Kier molecular flexibility index (Phi) is 2.77. The molecule has 1 aromatic rings. The maximum absolute atomic E-state index is 4.50. The summed E-state index contributed by atoms with van der Waals surface area (Å²) < 4.78 is 0. The Balaban J connectivity index is 1.76. The number of fused-ring (bicyclic) bond motifs is 1. The summed E-state index contributed by atoms with van der Waals surface area (Å²) in [5.74, 6) is 2.45. The van der Waals surface area contributed by atoms with Crippen molar-refractivity contribution in [1.29, 1.82) is 0 Å². The van der Waals surface area contributed by atoms with Crippen LogP contribution < -0.4 is 10.6 Å². The first kappa shape index (κ1) is 11.9. The first-order chi connectivity index (χ1) is 8.54. The van der Waals surface area contributed by atoms with Crippen molar-refractivity contribution in [1.82, 2.24) is 15.3 Å². The molecule has 2 heterocycles. The molecule has 4 nitrogen and oxygen atoms in total. The Morgan fingerprint density at radius 2 is 1.72 bits per heavy atom. The number of aryl methyl sites for hydroxylation is 2. The molecule has 0 radical (unpaired) electrons. The molecule has 4 heteroatoms. The summed E-state index contributed by atoms with van der Waals surface area (Å²) in [6.07, 6.45) is 2.45. The molecule has 1 aliphatic carbocycles. The highest BCUT2D eigenvalue weighted by Gasteiger charge is 2.44. The average molecular weight is 246 g/mol. The van der Waals surface area contributed by atoms with E-state index in [4.69, 9.17) is 0 Å². The molecule has 2 fully saturated rings. The lowest BCUT2D eigenvalue weighted by Gasteiger charge is -2.27. The Hall–Kier alpha value is -1.16. The van der Waals surface area contributed by atoms with Crippen molar-refractivity contribution in [2.45, 2.75) is 39.2 Å². The van der Waals surface area contributed by atoms with Crippen LogP contribution in [-0.4, -0.2) is 28.6 Å². The van der Waals surface area contributed by atoms with Gasteiger partial charge in [0, 0.05) is 16.9 Å². The summed E-state index contributed by atoms with van der Waals surface area (Å²) in [4.78, 5) is 9.00. The zero-order chi connectivity index (χ0) is 12.8. The second-order valence-electron chi connectivity index (χ2n) is 6.25. The van der Waals surface area contributed by atoms with Crippen molar-refractivity contribution in [3.05, 3.63) is 17.5 Å². The minimum atomic E-state index is 0.164. The summed E-state index contributed by atoms with van der Waals surface area (Å²) in [6.45, 7) is 8.71. The summed E-state index contributed by atoms with van der Waals surface area (Å²) in [6, 6.07) is 2.01. The molecule has 1 saturated heterocycles. The SMILES string of the molecule is Cc1cc(C)nc(NC2(C)CC3CNCC3C2)n1. The van der Waals surface area contributed by atoms with E-state index in [1.807, 2.05) is 19.9 Å². The van der Waals surface area contributed by atoms with Crippen LogP contribution in [0.15, 0.2) is 6.07 Å². The van der Waals surface area contributed by atoms with Crippen molar-refractivity contribution in [3.63, 3.8) is 0 Å². The smallest absolute Gasteiger partial charge is 0.223 e. The maximum atomic E-state index is 4.50. The lowest BCUT2D eigenvalue weighted by Crippen LogP contribution is -2.34. The van der Waals surface area contributed by atoms with Crippen molar-refractivity contribution in [2.24, 2.45) is 11.8 Å². The van der Waals surface area contributed by atoms with Gasteiger partial charge in [-0.15, -0.1) is 0 Å². The van der Waals surface area contributed by atoms with Gasteiger partial charge in [-0.1, -0.05) is 0 Å². The van der Waals surface area contributed by atoms with E-state index in [-0.39, 0.29) is 5.54 Å². The van der Waals surface area contributed by atoms with E-state index in [0.29, 0.717) is 0 Å². The highest BCUT2D eigenvalue weighted by Crippen LogP contribution is 2.42. The molecule has 1 saturated carbocycles. The van der Waals surface area contributed by atoms with Crippen LogP contribution in [0, 0.1) is 25.7 Å². The van der Waals surface area contributed by atoms with Gasteiger partial charge in [-0.2, -0.15) is 0 Å². The van der Waals surface area contributed by atoms with E-state index in [0.717, 1.165) is 29.2 Å². The van der Waals surface area contributed by atoms with Gasteiger partial charge in [0.25, 0.3) is 0 Å². The standard InChI is InChI=1S/C14H22N4/c1-9-4-10(2)17-13(16-9)18-14(3)5-11-7-15-8-12(11)6-14/h4,11-12,15H,5-8H2,1-3H3,(H,16,17,18). The Bertz CT molecular complexity index is 425. The van der Waals surface area contributed by atoms with E-state index < -0.39 is 0 Å². The van der Waals surface area contributed by atoms with E-state index in [1.165, 1.54) is 25.9 Å². The molecule has 0 spiro atoms. The highest BCUT2D eigenvalue weighted by molar-refractivity contribution is 5.32. The fourth-order valence-corrected chi connectivity index (χ4v) is 3.66. The average Bonchev–Trinajstić information content (AvgIpc) is 2.72. The second kappa shape index (κ2) is 4.19. The highest BCUT2D eigenvalue weighted by atomic mass is 15.2. The first-order valence-corrected chi connectivity index (χ1v) is 6.85. The second-order valence-corrected chi connectivity index (χ2v) is 6.25. The molecule has 3 rings (SSSR count). The lowest BCUT2D eigenvalue weighted by atomic mass is 9.98. The monoisotopic (exact) mass is 246 g/mol. The molecule has 0 aromatic carbocycles. The molecular formula is C14H22N4. The summed E-state index contributed by atoms with van der Waals surface area (Å²) in [5, 5.41) is 7.06. The van der Waals surface area contributed by atoms with Gasteiger partial charge in [0.05, 0.1) is 0 Å². The zero-order valence-electron chi connectivity index (χ0n) is 11.5. The van der Waals surface area contributed by atoms with Gasteiger partial charge in [-0.05, 0) is 64.6 Å². The third-order valence-corrected chi connectivity index (χ3v) is 4.30. The van der Waals surface area contributed by atoms with E-state index in [9.17, 15) is 0 Å². The fraction of sp³-hybridized carbons (Fsp3) is 0.714. The molecule has 0 bridgehead atoms. The quantitative estimate of drug-likeness (QED) is 0.836. The van der Waals surface area contributed by atoms with Crippen LogP contribution in [0.25, 0.3) is 0 Å². The number of hydrogen-bond acceptors (Lipinski definition) is 4. The summed E-state index contributed by atoms with van der Waals surface area (Å²) in [5.41, 5.74) is 2.24. The predicted molar refractivity (Wildman–Crippen MR) is 72.6 cm³/mol. The van der Waals surface area contributed by atoms with Crippen molar-refractivity contribution in [2.75, 3.05) is 18.4 Å². The van der Waals surface area contributed by atoms with Gasteiger partial charge in [0.1, 0.15) is 0 Å². The van der Waals surface area contributed by atoms with Crippen LogP contribution in [0.2, 0.25) is 0 Å². The van der Waals surface area contributed by atoms with E-state index in [1.54, 1.807) is 0 Å². The van der Waals surface area contributed by atoms with Gasteiger partial charge < -0.3 is 10.6 Å². The minimum Gasteiger partial charge on any atom is -0.349 e. The molecule has 98 valence electrons. The Morgan fingerprint density at radius 1 is 1.17 bits per heavy atom. The minimum absolute atomic E-state index is 0.164. The first-order valence-electron chi connectivity index (χ1n) is 6.85. The molecule has 1 aliphatic heterocycles. The van der Waals surface area contributed by atoms with Crippen LogP contribution in [0.4, 0.5) is 5.95 Å². The van der Waals surface area contributed by atoms with E-state index >= 15 is 0 Å². The molecule has 2 unspecified atom stereocenters. The van der Waals surface area contributed by atoms with Gasteiger partial charge in [-0.25, -0.2) is 9.97 Å². The molecule has 2 aliphatic rings. The van der Waals surface area contributed by atoms with Gasteiger partial charge in [-0.3, -0.25) is 0 Å². The van der Waals surface area contributed by atoms with Gasteiger partial charge >= 0.3 is 0 Å². The Morgan fingerprint density at radius 3 is 2.28 bits per heavy atom. The predicted octanol–water partition coefficient (Wildman–Crippen LogP) is 1.89. The number of aromatic nitrogens is 2. The van der Waals surface area contributed by atoms with Crippen LogP contribution >= 0.6 is 0 Å². The van der Waals surface area contributed by atoms with Crippen LogP contribution in [0.1, 0.15) is 31.2 Å². The topological polar surface area (TPSA) is 49.8 Å². The lowest BCUT2D eigenvalue weighted by molar-refractivity contribution is 0.476. The number of nitrogens with one attached hydrogen (secondary N) is 2. The number of hydrogen-bond donors (Lipinski definition) is 2. The number of nitrogens with zero attached hydrogens (tertiary/aromatic N) is 2. The van der Waals surface area contributed by atoms with Crippen LogP contribution in [0.3, 0.4) is 0 Å². The van der Waals surface area contributed by atoms with Gasteiger partial charge in [0.15, 0.2) is 0 Å². The van der Waals surface area contributed by atoms with E-state index in [2.05, 4.69) is 27.5 Å². The maximum Gasteiger partial charge on any atom is 0.223 e. The largest absolute Gasteiger partial charge is 0.349 e. The van der Waals surface area contributed by atoms with Crippen LogP contribution in [0.5, 0.6) is 0 Å². The molecule has 1 aromatic heterocycles. The molecule has 18 heavy (non-hydrogen) atoms. The number of anilines is 1. The van der Waals surface area contributed by atoms with Crippen molar-refractivity contribution >= 4 is 5.95 Å². The summed E-state index contributed by atoms with van der Waals surface area (Å²) in [7, 11) is 0. The zero-order valence-corrected chi connectivity index (χ0v) is 11.5. The molecular weight excluding hydrogens is 224 g/mol. The van der Waals surface area contributed by atoms with Gasteiger partial charge in [0.2, 0.25) is 5.95 Å². The third kappa shape index (κ3) is 2.21. The Labute approximate surface area is 109 Å². The van der Waals surface area contributed by atoms with Crippen molar-refractivity contribution < 1.29 is 0 Å². The molecule has 2 atom stereocenters. The third-order valence-electron chi connectivity index (χ3n) is 4.30. The van der Waals surface area contributed by atoms with Crippen LogP contribution in [-0.2, 0) is 0 Å². The molecule has 2 N–H and O–H groups in total. The summed E-state index contributed by atoms with van der Waals surface area (Å²) >= 11 is 0. The normalized spacial score (nSPS) is 34.6. The molecule has 0 amide bonds. The number of rotatable bonds is 2. The van der Waals surface area contributed by atoms with Crippen molar-refractivity contribution in [3.8, 4) is 0 Å².